The van der Waals surface area contributed by atoms with Gasteiger partial charge in [0.15, 0.2) is 5.82 Å². The summed E-state index contributed by atoms with van der Waals surface area (Å²) in [6, 6.07) is 16.7. The number of anilines is 1. The maximum atomic E-state index is 13.2. The molecule has 0 unspecified atom stereocenters. The summed E-state index contributed by atoms with van der Waals surface area (Å²) in [6.45, 7) is 4.51. The van der Waals surface area contributed by atoms with Gasteiger partial charge in [-0.3, -0.25) is 9.59 Å². The molecule has 4 rings (SSSR count). The van der Waals surface area contributed by atoms with E-state index in [1.54, 1.807) is 31.4 Å². The lowest BCUT2D eigenvalue weighted by Crippen LogP contribution is -2.27. The molecule has 0 saturated carbocycles. The van der Waals surface area contributed by atoms with Gasteiger partial charge < -0.3 is 14.6 Å². The second-order valence-corrected chi connectivity index (χ2v) is 7.40. The monoisotopic (exact) mass is 431 g/mol. The van der Waals surface area contributed by atoms with E-state index in [9.17, 15) is 9.59 Å². The number of carbonyl (C=O) groups is 1. The Morgan fingerprint density at radius 1 is 1.09 bits per heavy atom. The Morgan fingerprint density at radius 3 is 2.47 bits per heavy atom. The van der Waals surface area contributed by atoms with E-state index in [4.69, 9.17) is 4.74 Å². The van der Waals surface area contributed by atoms with Crippen LogP contribution in [-0.4, -0.2) is 32.2 Å². The van der Waals surface area contributed by atoms with Gasteiger partial charge in [0.05, 0.1) is 7.11 Å². The van der Waals surface area contributed by atoms with Gasteiger partial charge in [0.2, 0.25) is 11.7 Å². The van der Waals surface area contributed by atoms with E-state index in [1.165, 1.54) is 4.52 Å². The molecule has 1 N–H and O–H groups in total. The molecule has 0 spiro atoms. The number of aromatic nitrogens is 4. The van der Waals surface area contributed by atoms with Crippen molar-refractivity contribution >= 4 is 17.4 Å². The molecule has 8 heteroatoms. The van der Waals surface area contributed by atoms with Crippen molar-refractivity contribution in [3.05, 3.63) is 76.2 Å². The van der Waals surface area contributed by atoms with Crippen molar-refractivity contribution in [3.8, 4) is 17.1 Å². The van der Waals surface area contributed by atoms with Crippen LogP contribution >= 0.6 is 0 Å². The number of amides is 1. The van der Waals surface area contributed by atoms with Crippen LogP contribution in [0.15, 0.2) is 59.4 Å². The maximum absolute atomic E-state index is 13.2. The molecule has 164 valence electrons. The highest BCUT2D eigenvalue weighted by Gasteiger charge is 2.18. The number of benzene rings is 2. The van der Waals surface area contributed by atoms with E-state index in [0.29, 0.717) is 35.8 Å². The fourth-order valence-corrected chi connectivity index (χ4v) is 3.72. The van der Waals surface area contributed by atoms with E-state index in [2.05, 4.69) is 15.4 Å². The van der Waals surface area contributed by atoms with Crippen LogP contribution in [-0.2, 0) is 17.8 Å². The summed E-state index contributed by atoms with van der Waals surface area (Å²) < 4.78 is 8.43. The molecule has 0 aliphatic rings. The van der Waals surface area contributed by atoms with Crippen molar-refractivity contribution in [2.45, 2.75) is 33.2 Å². The number of aryl methyl sites for hydroxylation is 1. The summed E-state index contributed by atoms with van der Waals surface area (Å²) in [5, 5.41) is 7.32. The number of hydrogen-bond donors (Lipinski definition) is 1. The maximum Gasteiger partial charge on any atom is 0.279 e. The van der Waals surface area contributed by atoms with Gasteiger partial charge in [0, 0.05) is 35.5 Å². The van der Waals surface area contributed by atoms with Crippen molar-refractivity contribution in [1.82, 2.24) is 19.2 Å². The van der Waals surface area contributed by atoms with Crippen LogP contribution in [0.4, 0.5) is 5.69 Å². The zero-order chi connectivity index (χ0) is 22.7. The molecule has 2 aromatic carbocycles. The summed E-state index contributed by atoms with van der Waals surface area (Å²) >= 11 is 0. The van der Waals surface area contributed by atoms with Crippen LogP contribution in [0, 0.1) is 6.92 Å². The number of hydrogen-bond acceptors (Lipinski definition) is 5. The Kier molecular flexibility index (Phi) is 6.02. The minimum atomic E-state index is -0.242. The summed E-state index contributed by atoms with van der Waals surface area (Å²) in [4.78, 5) is 30.3. The van der Waals surface area contributed by atoms with Crippen molar-refractivity contribution in [1.29, 1.82) is 0 Å². The second kappa shape index (κ2) is 9.05. The molecule has 8 nitrogen and oxygen atoms in total. The summed E-state index contributed by atoms with van der Waals surface area (Å²) in [7, 11) is 1.59. The first kappa shape index (κ1) is 21.3. The average molecular weight is 431 g/mol. The van der Waals surface area contributed by atoms with Crippen LogP contribution in [0.3, 0.4) is 0 Å². The SMILES string of the molecule is CCn1c(C)c(CCC(=O)Nc2ccc(OC)cc2)c(=O)n2nc(-c3ccccc3)nc12. The third-order valence-electron chi connectivity index (χ3n) is 5.45. The molecule has 0 bridgehead atoms. The van der Waals surface area contributed by atoms with Crippen molar-refractivity contribution in [2.24, 2.45) is 0 Å². The van der Waals surface area contributed by atoms with Gasteiger partial charge in [-0.1, -0.05) is 30.3 Å². The van der Waals surface area contributed by atoms with Crippen LogP contribution in [0.1, 0.15) is 24.6 Å². The number of nitrogens with zero attached hydrogens (tertiary/aromatic N) is 4. The van der Waals surface area contributed by atoms with Crippen LogP contribution < -0.4 is 15.6 Å². The Labute approximate surface area is 185 Å². The van der Waals surface area contributed by atoms with Crippen LogP contribution in [0.25, 0.3) is 17.2 Å². The van der Waals surface area contributed by atoms with Crippen molar-refractivity contribution in [2.75, 3.05) is 12.4 Å². The molecule has 32 heavy (non-hydrogen) atoms. The molecule has 2 heterocycles. The number of methoxy groups -OCH3 is 1. The molecular weight excluding hydrogens is 406 g/mol. The molecular formula is C24H25N5O3. The van der Waals surface area contributed by atoms with Crippen LogP contribution in [0.5, 0.6) is 5.75 Å². The Morgan fingerprint density at radius 2 is 1.81 bits per heavy atom. The number of fused-ring (bicyclic) bond motifs is 1. The normalized spacial score (nSPS) is 11.0. The lowest BCUT2D eigenvalue weighted by molar-refractivity contribution is -0.116. The molecule has 1 amide bonds. The highest BCUT2D eigenvalue weighted by Crippen LogP contribution is 2.18. The first-order chi connectivity index (χ1) is 15.5. The smallest absolute Gasteiger partial charge is 0.279 e. The molecule has 4 aromatic rings. The zero-order valence-corrected chi connectivity index (χ0v) is 18.3. The first-order valence-corrected chi connectivity index (χ1v) is 10.5. The summed E-state index contributed by atoms with van der Waals surface area (Å²) in [5.74, 6) is 1.55. The topological polar surface area (TPSA) is 90.5 Å². The minimum absolute atomic E-state index is 0.166. The second-order valence-electron chi connectivity index (χ2n) is 7.40. The fourth-order valence-electron chi connectivity index (χ4n) is 3.72. The van der Waals surface area contributed by atoms with Gasteiger partial charge in [-0.25, -0.2) is 0 Å². The Balaban J connectivity index is 1.60. The summed E-state index contributed by atoms with van der Waals surface area (Å²) in [6.07, 6.45) is 0.487. The fraction of sp³-hybridized carbons (Fsp3) is 0.250. The zero-order valence-electron chi connectivity index (χ0n) is 18.3. The molecule has 0 saturated heterocycles. The number of ether oxygens (including phenoxy) is 1. The Hall–Kier alpha value is -3.94. The predicted octanol–water partition coefficient (Wildman–Crippen LogP) is 3.47. The molecule has 0 fully saturated rings. The van der Waals surface area contributed by atoms with E-state index in [-0.39, 0.29) is 17.9 Å². The van der Waals surface area contributed by atoms with Gasteiger partial charge in [0.1, 0.15) is 5.75 Å². The summed E-state index contributed by atoms with van der Waals surface area (Å²) in [5.41, 5.74) is 2.64. The third-order valence-corrected chi connectivity index (χ3v) is 5.45. The van der Waals surface area contributed by atoms with Crippen molar-refractivity contribution in [3.63, 3.8) is 0 Å². The van der Waals surface area contributed by atoms with Crippen LogP contribution in [0.2, 0.25) is 0 Å². The van der Waals surface area contributed by atoms with Gasteiger partial charge in [-0.2, -0.15) is 9.50 Å². The van der Waals surface area contributed by atoms with E-state index >= 15 is 0 Å². The van der Waals surface area contributed by atoms with E-state index in [0.717, 1.165) is 17.0 Å². The molecule has 2 aromatic heterocycles. The lowest BCUT2D eigenvalue weighted by atomic mass is 10.1. The predicted molar refractivity (Wildman–Crippen MR) is 123 cm³/mol. The van der Waals surface area contributed by atoms with E-state index < -0.39 is 0 Å². The minimum Gasteiger partial charge on any atom is -0.497 e. The largest absolute Gasteiger partial charge is 0.497 e. The van der Waals surface area contributed by atoms with Crippen molar-refractivity contribution < 1.29 is 9.53 Å². The Bertz CT molecular complexity index is 1310. The third kappa shape index (κ3) is 4.12. The van der Waals surface area contributed by atoms with E-state index in [1.807, 2.05) is 48.7 Å². The molecule has 0 radical (unpaired) electrons. The number of carbonyl (C=O) groups excluding carboxylic acids is 1. The molecule has 0 atom stereocenters. The number of rotatable bonds is 7. The lowest BCUT2D eigenvalue weighted by Gasteiger charge is -2.13. The molecule has 0 aliphatic heterocycles. The standard InChI is InChI=1S/C24H25N5O3/c1-4-28-16(2)20(14-15-21(30)25-18-10-12-19(32-3)13-11-18)23(31)29-24(28)26-22(27-29)17-8-6-5-7-9-17/h5-13H,4,14-15H2,1-3H3,(H,25,30). The quantitative estimate of drug-likeness (QED) is 0.484. The highest BCUT2D eigenvalue weighted by atomic mass is 16.5. The van der Waals surface area contributed by atoms with Gasteiger partial charge >= 0.3 is 0 Å². The first-order valence-electron chi connectivity index (χ1n) is 10.5. The molecule has 0 aliphatic carbocycles. The van der Waals surface area contributed by atoms with Gasteiger partial charge in [-0.15, -0.1) is 5.10 Å². The van der Waals surface area contributed by atoms with Gasteiger partial charge in [0.25, 0.3) is 5.56 Å². The van der Waals surface area contributed by atoms with Gasteiger partial charge in [-0.05, 0) is 44.5 Å². The highest BCUT2D eigenvalue weighted by molar-refractivity contribution is 5.90. The number of nitrogens with one attached hydrogen (secondary N) is 1. The average Bonchev–Trinajstić information content (AvgIpc) is 3.26.